The molecular formula is C21H24ClNO6. The number of benzene rings is 1. The number of ether oxygens (including phenoxy) is 2. The normalized spacial score (nSPS) is 33.9. The number of phenols is 1. The van der Waals surface area contributed by atoms with Gasteiger partial charge >= 0.3 is 6.09 Å². The molecule has 2 heterocycles. The van der Waals surface area contributed by atoms with Crippen molar-refractivity contribution in [3.63, 3.8) is 0 Å². The average Bonchev–Trinajstić information content (AvgIpc) is 3.05. The van der Waals surface area contributed by atoms with E-state index in [1.807, 2.05) is 6.07 Å². The molecule has 1 unspecified atom stereocenters. The number of Topliss-reactive ketones (excluding diaryl/α,β-unsaturated/α-hetero) is 1. The van der Waals surface area contributed by atoms with Crippen LogP contribution in [0, 0.1) is 0 Å². The second-order valence-electron chi connectivity index (χ2n) is 8.48. The van der Waals surface area contributed by atoms with Gasteiger partial charge in [0, 0.05) is 24.4 Å². The van der Waals surface area contributed by atoms with E-state index in [1.165, 1.54) is 0 Å². The lowest BCUT2D eigenvalue weighted by Crippen LogP contribution is -2.77. The van der Waals surface area contributed by atoms with Gasteiger partial charge in [0.05, 0.1) is 23.7 Å². The number of aromatic hydroxyl groups is 1. The van der Waals surface area contributed by atoms with E-state index in [2.05, 4.69) is 0 Å². The zero-order valence-corrected chi connectivity index (χ0v) is 16.8. The zero-order valence-electron chi connectivity index (χ0n) is 16.0. The maximum absolute atomic E-state index is 12.8. The number of unbranched alkanes of at least 4 members (excludes halogenated alkanes) is 1. The van der Waals surface area contributed by atoms with Crippen molar-refractivity contribution in [3.05, 3.63) is 23.3 Å². The number of rotatable bonds is 4. The van der Waals surface area contributed by atoms with Crippen LogP contribution in [0.3, 0.4) is 0 Å². The fourth-order valence-electron chi connectivity index (χ4n) is 5.98. The molecular weight excluding hydrogens is 398 g/mol. The third kappa shape index (κ3) is 2.34. The molecule has 156 valence electrons. The van der Waals surface area contributed by atoms with Crippen molar-refractivity contribution in [2.45, 2.75) is 61.7 Å². The quantitative estimate of drug-likeness (QED) is 0.572. The summed E-state index contributed by atoms with van der Waals surface area (Å²) in [5.74, 6) is 0.765. The number of ketones is 1. The molecule has 2 N–H and O–H groups in total. The summed E-state index contributed by atoms with van der Waals surface area (Å²) in [6, 6.07) is 2.86. The minimum Gasteiger partial charge on any atom is -0.504 e. The summed E-state index contributed by atoms with van der Waals surface area (Å²) in [4.78, 5) is 27.2. The predicted molar refractivity (Wildman–Crippen MR) is 104 cm³/mol. The Morgan fingerprint density at radius 1 is 1.34 bits per heavy atom. The van der Waals surface area contributed by atoms with Crippen LogP contribution in [0.25, 0.3) is 0 Å². The van der Waals surface area contributed by atoms with E-state index in [-0.39, 0.29) is 31.0 Å². The smallest absolute Gasteiger partial charge is 0.410 e. The van der Waals surface area contributed by atoms with Crippen molar-refractivity contribution in [2.24, 2.45) is 0 Å². The van der Waals surface area contributed by atoms with Crippen molar-refractivity contribution in [3.8, 4) is 11.5 Å². The molecule has 2 bridgehead atoms. The molecule has 4 aliphatic rings. The number of halogens is 1. The minimum atomic E-state index is -1.30. The van der Waals surface area contributed by atoms with Gasteiger partial charge in [-0.15, -0.1) is 11.6 Å². The predicted octanol–water partition coefficient (Wildman–Crippen LogP) is 2.27. The minimum absolute atomic E-state index is 0.0118. The summed E-state index contributed by atoms with van der Waals surface area (Å²) in [6.07, 6.45) is 1.46. The number of carbonyl (C=O) groups is 2. The zero-order chi connectivity index (χ0) is 20.4. The molecule has 5 rings (SSSR count). The Labute approximate surface area is 173 Å². The van der Waals surface area contributed by atoms with Crippen LogP contribution in [0.1, 0.15) is 43.2 Å². The van der Waals surface area contributed by atoms with Crippen molar-refractivity contribution >= 4 is 23.5 Å². The number of phenolic OH excluding ortho intramolecular Hbond substituents is 1. The summed E-state index contributed by atoms with van der Waals surface area (Å²) in [5, 5.41) is 22.3. The third-order valence-corrected chi connectivity index (χ3v) is 7.51. The standard InChI is InChI=1S/C21H24ClNO6/c22-8-1-2-10-28-19(26)23-9-7-20-16-12-3-4-13(24)17(16)29-18(20)14(25)5-6-21(20,27)15(23)11-12/h3-4,15,18,24,27H,1-2,5-11H2/t15-,18+,20+,21?/m1/s1. The number of piperidine rings is 1. The number of likely N-dealkylation sites (tertiary alicyclic amines) is 1. The van der Waals surface area contributed by atoms with Crippen molar-refractivity contribution in [2.75, 3.05) is 19.0 Å². The number of carbonyl (C=O) groups excluding carboxylic acids is 2. The SMILES string of the molecule is O=C1CCC2(O)[C@H]3Cc4ccc(O)c5c4[C@@]2(CCN3C(=O)OCCCCCl)[C@H]1O5. The first-order valence-corrected chi connectivity index (χ1v) is 10.7. The van der Waals surface area contributed by atoms with Gasteiger partial charge < -0.3 is 24.6 Å². The summed E-state index contributed by atoms with van der Waals surface area (Å²) < 4.78 is 11.4. The van der Waals surface area contributed by atoms with E-state index in [0.29, 0.717) is 37.4 Å². The molecule has 1 amide bonds. The maximum atomic E-state index is 12.8. The van der Waals surface area contributed by atoms with E-state index >= 15 is 0 Å². The summed E-state index contributed by atoms with van der Waals surface area (Å²) >= 11 is 5.68. The van der Waals surface area contributed by atoms with Crippen molar-refractivity contribution < 1.29 is 29.3 Å². The molecule has 8 heteroatoms. The van der Waals surface area contributed by atoms with E-state index < -0.39 is 29.3 Å². The van der Waals surface area contributed by atoms with Crippen LogP contribution in [0.2, 0.25) is 0 Å². The summed E-state index contributed by atoms with van der Waals surface area (Å²) in [5.41, 5.74) is -0.566. The molecule has 2 aliphatic heterocycles. The van der Waals surface area contributed by atoms with Crippen molar-refractivity contribution in [1.82, 2.24) is 4.90 Å². The van der Waals surface area contributed by atoms with Gasteiger partial charge in [-0.25, -0.2) is 4.79 Å². The largest absolute Gasteiger partial charge is 0.504 e. The molecule has 0 aromatic heterocycles. The first kappa shape index (κ1) is 19.0. The molecule has 1 aromatic carbocycles. The molecule has 0 radical (unpaired) electrons. The van der Waals surface area contributed by atoms with Crippen molar-refractivity contribution in [1.29, 1.82) is 0 Å². The second-order valence-corrected chi connectivity index (χ2v) is 8.86. The summed E-state index contributed by atoms with van der Waals surface area (Å²) in [7, 11) is 0. The van der Waals surface area contributed by atoms with Crippen LogP contribution in [0.5, 0.6) is 11.5 Å². The van der Waals surface area contributed by atoms with Gasteiger partial charge in [-0.2, -0.15) is 0 Å². The lowest BCUT2D eigenvalue weighted by atomic mass is 9.49. The number of nitrogens with zero attached hydrogens (tertiary/aromatic N) is 1. The first-order chi connectivity index (χ1) is 13.9. The number of amides is 1. The molecule has 1 aromatic rings. The average molecular weight is 422 g/mol. The highest BCUT2D eigenvalue weighted by Gasteiger charge is 2.73. The number of alkyl halides is 1. The molecule has 2 fully saturated rings. The third-order valence-electron chi connectivity index (χ3n) is 7.25. The molecule has 4 atom stereocenters. The molecule has 7 nitrogen and oxygen atoms in total. The highest BCUT2D eigenvalue weighted by molar-refractivity contribution is 6.17. The van der Waals surface area contributed by atoms with E-state index in [9.17, 15) is 19.8 Å². The van der Waals surface area contributed by atoms with Crippen LogP contribution >= 0.6 is 11.6 Å². The Morgan fingerprint density at radius 2 is 2.17 bits per heavy atom. The van der Waals surface area contributed by atoms with Gasteiger partial charge in [-0.05, 0) is 43.7 Å². The number of hydrogen-bond acceptors (Lipinski definition) is 6. The highest BCUT2D eigenvalue weighted by atomic mass is 35.5. The fourth-order valence-corrected chi connectivity index (χ4v) is 6.17. The van der Waals surface area contributed by atoms with Crippen LogP contribution in [-0.4, -0.2) is 63.8 Å². The Kier molecular flexibility index (Phi) is 4.26. The Balaban J connectivity index is 1.55. The van der Waals surface area contributed by atoms with Crippen LogP contribution in [-0.2, 0) is 21.4 Å². The van der Waals surface area contributed by atoms with Gasteiger partial charge in [0.2, 0.25) is 0 Å². The molecule has 1 spiro atoms. The molecule has 1 saturated carbocycles. The maximum Gasteiger partial charge on any atom is 0.410 e. The highest BCUT2D eigenvalue weighted by Crippen LogP contribution is 2.64. The second kappa shape index (κ2) is 6.51. The van der Waals surface area contributed by atoms with E-state index in [4.69, 9.17) is 21.1 Å². The van der Waals surface area contributed by atoms with Gasteiger partial charge in [0.1, 0.15) is 0 Å². The van der Waals surface area contributed by atoms with Gasteiger partial charge in [0.15, 0.2) is 23.4 Å². The Morgan fingerprint density at radius 3 is 2.97 bits per heavy atom. The molecule has 2 aliphatic carbocycles. The van der Waals surface area contributed by atoms with Gasteiger partial charge in [-0.1, -0.05) is 6.07 Å². The van der Waals surface area contributed by atoms with E-state index in [0.717, 1.165) is 17.5 Å². The Bertz CT molecular complexity index is 890. The Hall–Kier alpha value is -1.99. The van der Waals surface area contributed by atoms with Crippen LogP contribution in [0.15, 0.2) is 12.1 Å². The first-order valence-electron chi connectivity index (χ1n) is 10.2. The number of hydrogen-bond donors (Lipinski definition) is 2. The van der Waals surface area contributed by atoms with E-state index in [1.54, 1.807) is 11.0 Å². The van der Waals surface area contributed by atoms with Crippen LogP contribution in [0.4, 0.5) is 4.79 Å². The topological polar surface area (TPSA) is 96.3 Å². The van der Waals surface area contributed by atoms with Crippen LogP contribution < -0.4 is 4.74 Å². The monoisotopic (exact) mass is 421 g/mol. The van der Waals surface area contributed by atoms with Gasteiger partial charge in [-0.3, -0.25) is 4.79 Å². The fraction of sp³-hybridized carbons (Fsp3) is 0.619. The lowest BCUT2D eigenvalue weighted by Gasteiger charge is -2.61. The lowest BCUT2D eigenvalue weighted by molar-refractivity contribution is -0.183. The number of aliphatic hydroxyl groups is 1. The van der Waals surface area contributed by atoms with Gasteiger partial charge in [0.25, 0.3) is 0 Å². The molecule has 29 heavy (non-hydrogen) atoms. The summed E-state index contributed by atoms with van der Waals surface area (Å²) in [6.45, 7) is 0.653. The molecule has 1 saturated heterocycles.